The molecule has 0 bridgehead atoms. The van der Waals surface area contributed by atoms with Crippen molar-refractivity contribution in [2.75, 3.05) is 0 Å². The van der Waals surface area contributed by atoms with E-state index in [1.54, 1.807) is 4.68 Å². The van der Waals surface area contributed by atoms with Crippen molar-refractivity contribution in [1.29, 1.82) is 0 Å². The van der Waals surface area contributed by atoms with Gasteiger partial charge >= 0.3 is 12.4 Å². The average Bonchev–Trinajstić information content (AvgIpc) is 3.34. The summed E-state index contributed by atoms with van der Waals surface area (Å²) >= 11 is 0. The van der Waals surface area contributed by atoms with Crippen LogP contribution in [0.25, 0.3) is 11.3 Å². The first kappa shape index (κ1) is 22.4. The molecule has 0 aromatic carbocycles. The fourth-order valence-electron chi connectivity index (χ4n) is 4.05. The van der Waals surface area contributed by atoms with E-state index >= 15 is 0 Å². The van der Waals surface area contributed by atoms with Gasteiger partial charge in [-0.2, -0.15) is 36.5 Å². The monoisotopic (exact) mass is 484 g/mol. The fourth-order valence-corrected chi connectivity index (χ4v) is 4.05. The Morgan fingerprint density at radius 3 is 2.47 bits per heavy atom. The summed E-state index contributed by atoms with van der Waals surface area (Å²) in [5.74, 6) is -0.913. The minimum absolute atomic E-state index is 0.136. The number of carbonyl (C=O) groups is 1. The first-order valence-electron chi connectivity index (χ1n) is 10.6. The topological polar surface area (TPSA) is 77.6 Å². The Labute approximate surface area is 188 Å². The molecule has 13 heteroatoms. The van der Waals surface area contributed by atoms with E-state index < -0.39 is 41.3 Å². The van der Waals surface area contributed by atoms with Gasteiger partial charge in [0.05, 0.1) is 29.0 Å². The van der Waals surface area contributed by atoms with Crippen LogP contribution >= 0.6 is 0 Å². The second-order valence-electron chi connectivity index (χ2n) is 8.37. The Morgan fingerprint density at radius 2 is 1.79 bits per heavy atom. The van der Waals surface area contributed by atoms with Crippen molar-refractivity contribution in [1.82, 2.24) is 29.9 Å². The summed E-state index contributed by atoms with van der Waals surface area (Å²) in [6.07, 6.45) is -4.82. The number of aryl methyl sites for hydroxylation is 1. The Bertz CT molecular complexity index is 1240. The number of hydrogen-bond acceptors (Lipinski definition) is 4. The van der Waals surface area contributed by atoms with Crippen LogP contribution < -0.4 is 5.32 Å². The van der Waals surface area contributed by atoms with E-state index in [2.05, 4.69) is 20.5 Å². The lowest BCUT2D eigenvalue weighted by atomic mass is 10.0. The molecule has 1 aliphatic heterocycles. The number of carbonyl (C=O) groups excluding carboxylic acids is 1. The smallest absolute Gasteiger partial charge is 0.344 e. The second-order valence-corrected chi connectivity index (χ2v) is 8.37. The third kappa shape index (κ3) is 4.26. The third-order valence-corrected chi connectivity index (χ3v) is 5.85. The summed E-state index contributed by atoms with van der Waals surface area (Å²) < 4.78 is 82.2. The van der Waals surface area contributed by atoms with Crippen LogP contribution in [0.15, 0.2) is 30.6 Å². The molecule has 3 aromatic rings. The van der Waals surface area contributed by atoms with Crippen LogP contribution in [0.5, 0.6) is 0 Å². The molecule has 1 unspecified atom stereocenters. The van der Waals surface area contributed by atoms with Gasteiger partial charge in [-0.05, 0) is 43.9 Å². The van der Waals surface area contributed by atoms with Crippen LogP contribution in [0, 0.1) is 0 Å². The molecule has 1 N–H and O–H groups in total. The molecule has 1 atom stereocenters. The third-order valence-electron chi connectivity index (χ3n) is 5.85. The second kappa shape index (κ2) is 7.84. The lowest BCUT2D eigenvalue weighted by Gasteiger charge is -2.24. The van der Waals surface area contributed by atoms with Gasteiger partial charge in [-0.3, -0.25) is 19.1 Å². The van der Waals surface area contributed by atoms with Crippen LogP contribution in [-0.2, 0) is 18.9 Å². The summed E-state index contributed by atoms with van der Waals surface area (Å²) in [6, 6.07) is 3.01. The number of rotatable bonds is 4. The molecule has 1 saturated carbocycles. The van der Waals surface area contributed by atoms with Gasteiger partial charge in [0.25, 0.3) is 5.91 Å². The van der Waals surface area contributed by atoms with Gasteiger partial charge in [-0.25, -0.2) is 0 Å². The molecule has 0 spiro atoms. The molecule has 0 saturated heterocycles. The van der Waals surface area contributed by atoms with E-state index in [1.807, 2.05) is 0 Å². The fraction of sp³-hybridized carbons (Fsp3) is 0.429. The van der Waals surface area contributed by atoms with Crippen LogP contribution in [0.2, 0.25) is 0 Å². The molecule has 5 rings (SSSR count). The highest BCUT2D eigenvalue weighted by atomic mass is 19.4. The SMILES string of the molecule is O=C(NC1CCCn2nc(-c3ccnc(C(F)(F)F)c3)cc21)c1cn(C2CC2)nc1C(F)(F)F. The molecule has 0 radical (unpaired) electrons. The van der Waals surface area contributed by atoms with Gasteiger partial charge in [-0.1, -0.05) is 0 Å². The minimum Gasteiger partial charge on any atom is -0.344 e. The molecule has 2 aliphatic rings. The summed E-state index contributed by atoms with van der Waals surface area (Å²) in [6.45, 7) is 0.465. The Hall–Kier alpha value is -3.38. The van der Waals surface area contributed by atoms with Crippen LogP contribution in [0.3, 0.4) is 0 Å². The first-order valence-corrected chi connectivity index (χ1v) is 10.6. The van der Waals surface area contributed by atoms with Crippen molar-refractivity contribution in [3.8, 4) is 11.3 Å². The standard InChI is InChI=1S/C21H18F6N6O/c22-20(23,24)17-8-11(5-6-28-17)15-9-16-14(2-1-7-32(16)30-15)29-19(34)13-10-33(12-3-4-12)31-18(13)21(25,26)27/h5-6,8-10,12,14H,1-4,7H2,(H,29,34). The van der Waals surface area contributed by atoms with Crippen molar-refractivity contribution in [3.63, 3.8) is 0 Å². The zero-order valence-electron chi connectivity index (χ0n) is 17.5. The van der Waals surface area contributed by atoms with Crippen molar-refractivity contribution in [2.24, 2.45) is 0 Å². The first-order chi connectivity index (χ1) is 16.0. The Balaban J connectivity index is 1.42. The maximum atomic E-state index is 13.5. The highest BCUT2D eigenvalue weighted by molar-refractivity contribution is 5.95. The highest BCUT2D eigenvalue weighted by Crippen LogP contribution is 2.38. The van der Waals surface area contributed by atoms with Gasteiger partial charge in [0.2, 0.25) is 0 Å². The highest BCUT2D eigenvalue weighted by Gasteiger charge is 2.41. The lowest BCUT2D eigenvalue weighted by Crippen LogP contribution is -2.33. The number of hydrogen-bond donors (Lipinski definition) is 1. The van der Waals surface area contributed by atoms with Gasteiger partial charge in [0.15, 0.2) is 5.69 Å². The maximum absolute atomic E-state index is 13.5. The zero-order chi connectivity index (χ0) is 24.3. The zero-order valence-corrected chi connectivity index (χ0v) is 17.5. The largest absolute Gasteiger partial charge is 0.435 e. The Morgan fingerprint density at radius 1 is 1.03 bits per heavy atom. The molecule has 34 heavy (non-hydrogen) atoms. The summed E-state index contributed by atoms with van der Waals surface area (Å²) in [5, 5.41) is 10.6. The molecule has 1 fully saturated rings. The predicted molar refractivity (Wildman–Crippen MR) is 105 cm³/mol. The predicted octanol–water partition coefficient (Wildman–Crippen LogP) is 4.78. The molecular formula is C21H18F6N6O. The average molecular weight is 484 g/mol. The quantitative estimate of drug-likeness (QED) is 0.541. The molecule has 180 valence electrons. The van der Waals surface area contributed by atoms with Crippen LogP contribution in [0.4, 0.5) is 26.3 Å². The van der Waals surface area contributed by atoms with Crippen molar-refractivity contribution >= 4 is 5.91 Å². The maximum Gasteiger partial charge on any atom is 0.435 e. The van der Waals surface area contributed by atoms with E-state index in [1.165, 1.54) is 16.8 Å². The lowest BCUT2D eigenvalue weighted by molar-refractivity contribution is -0.142. The number of nitrogens with zero attached hydrogens (tertiary/aromatic N) is 5. The molecule has 1 amide bonds. The van der Waals surface area contributed by atoms with E-state index in [0.717, 1.165) is 18.5 Å². The van der Waals surface area contributed by atoms with E-state index in [4.69, 9.17) is 0 Å². The van der Waals surface area contributed by atoms with Gasteiger partial charge in [-0.15, -0.1) is 0 Å². The number of amides is 1. The van der Waals surface area contributed by atoms with E-state index in [-0.39, 0.29) is 17.3 Å². The summed E-state index contributed by atoms with van der Waals surface area (Å²) in [4.78, 5) is 16.2. The number of pyridine rings is 1. The van der Waals surface area contributed by atoms with Gasteiger partial charge in [0.1, 0.15) is 5.69 Å². The molecule has 7 nitrogen and oxygen atoms in total. The molecular weight excluding hydrogens is 466 g/mol. The van der Waals surface area contributed by atoms with E-state index in [9.17, 15) is 31.1 Å². The number of halogens is 6. The Kier molecular flexibility index (Phi) is 5.17. The van der Waals surface area contributed by atoms with Gasteiger partial charge in [0, 0.05) is 24.5 Å². The number of aromatic nitrogens is 5. The molecule has 4 heterocycles. The van der Waals surface area contributed by atoms with Crippen LogP contribution in [0.1, 0.15) is 65.2 Å². The van der Waals surface area contributed by atoms with Crippen molar-refractivity contribution in [2.45, 2.75) is 56.7 Å². The number of fused-ring (bicyclic) bond motifs is 1. The van der Waals surface area contributed by atoms with Crippen molar-refractivity contribution in [3.05, 3.63) is 53.2 Å². The van der Waals surface area contributed by atoms with Crippen molar-refractivity contribution < 1.29 is 31.1 Å². The number of alkyl halides is 6. The van der Waals surface area contributed by atoms with E-state index in [0.29, 0.717) is 37.9 Å². The normalized spacial score (nSPS) is 18.6. The van der Waals surface area contributed by atoms with Crippen LogP contribution in [-0.4, -0.2) is 30.5 Å². The summed E-state index contributed by atoms with van der Waals surface area (Å²) in [7, 11) is 0. The molecule has 1 aliphatic carbocycles. The molecule has 3 aromatic heterocycles. The van der Waals surface area contributed by atoms with Gasteiger partial charge < -0.3 is 5.32 Å². The minimum atomic E-state index is -4.79. The summed E-state index contributed by atoms with van der Waals surface area (Å²) in [5.41, 5.74) is -1.91. The number of nitrogens with one attached hydrogen (secondary N) is 1.